The number of hydrogen-bond donors (Lipinski definition) is 0. The van der Waals surface area contributed by atoms with E-state index in [-0.39, 0.29) is 22.6 Å². The second-order valence-corrected chi connectivity index (χ2v) is 5.91. The van der Waals surface area contributed by atoms with Gasteiger partial charge in [0.25, 0.3) is 0 Å². The fraction of sp³-hybridized carbons (Fsp3) is 0.923. The molecule has 0 aromatic carbocycles. The van der Waals surface area contributed by atoms with Gasteiger partial charge in [0.1, 0.15) is 11.2 Å². The third-order valence-corrected chi connectivity index (χ3v) is 4.57. The van der Waals surface area contributed by atoms with Gasteiger partial charge in [-0.2, -0.15) is 0 Å². The number of rotatable bonds is 4. The molecule has 2 aliphatic rings. The van der Waals surface area contributed by atoms with Crippen LogP contribution >= 0.6 is 0 Å². The third kappa shape index (κ3) is 1.48. The Morgan fingerprint density at radius 3 is 2.44 bits per heavy atom. The van der Waals surface area contributed by atoms with E-state index >= 15 is 0 Å². The third-order valence-electron chi connectivity index (χ3n) is 4.57. The summed E-state index contributed by atoms with van der Waals surface area (Å²) in [5, 5.41) is 0. The van der Waals surface area contributed by atoms with Gasteiger partial charge in [0.2, 0.25) is 0 Å². The van der Waals surface area contributed by atoms with E-state index in [0.29, 0.717) is 13.0 Å². The minimum absolute atomic E-state index is 0.108. The Morgan fingerprint density at radius 1 is 1.31 bits per heavy atom. The normalized spacial score (nSPS) is 39.2. The summed E-state index contributed by atoms with van der Waals surface area (Å²) in [7, 11) is 0. The van der Waals surface area contributed by atoms with Crippen LogP contribution in [0.4, 0.5) is 0 Å². The summed E-state index contributed by atoms with van der Waals surface area (Å²) in [4.78, 5) is 11.6. The predicted molar refractivity (Wildman–Crippen MR) is 61.1 cm³/mol. The molecule has 1 heterocycles. The van der Waals surface area contributed by atoms with Crippen molar-refractivity contribution in [2.24, 2.45) is 5.41 Å². The highest BCUT2D eigenvalue weighted by Crippen LogP contribution is 2.69. The number of fused-ring (bicyclic) bond motifs is 1. The lowest BCUT2D eigenvalue weighted by Gasteiger charge is -2.24. The maximum Gasteiger partial charge on any atom is 0.308 e. The van der Waals surface area contributed by atoms with Crippen LogP contribution in [0.15, 0.2) is 0 Å². The Kier molecular flexibility index (Phi) is 2.57. The van der Waals surface area contributed by atoms with Crippen LogP contribution in [0.1, 0.15) is 53.4 Å². The maximum atomic E-state index is 11.6. The van der Waals surface area contributed by atoms with E-state index in [1.54, 1.807) is 0 Å². The summed E-state index contributed by atoms with van der Waals surface area (Å²) < 4.78 is 11.0. The van der Waals surface area contributed by atoms with Crippen LogP contribution in [-0.2, 0) is 14.3 Å². The van der Waals surface area contributed by atoms with Crippen molar-refractivity contribution < 1.29 is 14.3 Å². The van der Waals surface area contributed by atoms with Crippen LogP contribution < -0.4 is 0 Å². The molecule has 2 atom stereocenters. The van der Waals surface area contributed by atoms with Gasteiger partial charge < -0.3 is 9.47 Å². The highest BCUT2D eigenvalue weighted by atomic mass is 16.6. The van der Waals surface area contributed by atoms with Crippen molar-refractivity contribution in [3.05, 3.63) is 0 Å². The van der Waals surface area contributed by atoms with E-state index in [2.05, 4.69) is 20.8 Å². The van der Waals surface area contributed by atoms with Gasteiger partial charge >= 0.3 is 5.97 Å². The van der Waals surface area contributed by atoms with E-state index < -0.39 is 0 Å². The van der Waals surface area contributed by atoms with Crippen LogP contribution in [0.25, 0.3) is 0 Å². The van der Waals surface area contributed by atoms with E-state index in [1.165, 1.54) is 0 Å². The largest absolute Gasteiger partial charge is 0.466 e. The molecule has 1 aliphatic carbocycles. The number of ether oxygens (including phenoxy) is 2. The maximum absolute atomic E-state index is 11.6. The molecule has 2 rings (SSSR count). The van der Waals surface area contributed by atoms with Crippen molar-refractivity contribution in [1.29, 1.82) is 0 Å². The van der Waals surface area contributed by atoms with Crippen LogP contribution in [-0.4, -0.2) is 23.8 Å². The van der Waals surface area contributed by atoms with E-state index in [9.17, 15) is 4.79 Å². The van der Waals surface area contributed by atoms with Crippen molar-refractivity contribution in [1.82, 2.24) is 0 Å². The quantitative estimate of drug-likeness (QED) is 0.546. The van der Waals surface area contributed by atoms with Gasteiger partial charge in [0, 0.05) is 0 Å². The number of carbonyl (C=O) groups is 1. The summed E-state index contributed by atoms with van der Waals surface area (Å²) in [6.07, 6.45) is 3.41. The fourth-order valence-corrected chi connectivity index (χ4v) is 2.96. The first kappa shape index (κ1) is 11.9. The molecule has 1 aliphatic heterocycles. The van der Waals surface area contributed by atoms with Crippen molar-refractivity contribution in [2.75, 3.05) is 6.61 Å². The number of hydrogen-bond acceptors (Lipinski definition) is 3. The molecule has 0 aromatic rings. The van der Waals surface area contributed by atoms with Gasteiger partial charge in [-0.1, -0.05) is 20.8 Å². The highest BCUT2D eigenvalue weighted by Gasteiger charge is 2.77. The first-order valence-corrected chi connectivity index (χ1v) is 6.23. The zero-order valence-electron chi connectivity index (χ0n) is 10.8. The summed E-state index contributed by atoms with van der Waals surface area (Å²) in [5.74, 6) is -0.108. The molecular formula is C13H22O3. The van der Waals surface area contributed by atoms with Gasteiger partial charge in [-0.15, -0.1) is 0 Å². The Bertz CT molecular complexity index is 306. The standard InChI is InChI=1S/C13H22O3/c1-5-8-15-10(14)9-13-7-6-11(2,3)12(13,4)16-13/h5-9H2,1-4H3. The Hall–Kier alpha value is -0.570. The van der Waals surface area contributed by atoms with Crippen molar-refractivity contribution in [3.63, 3.8) is 0 Å². The second-order valence-electron chi connectivity index (χ2n) is 5.91. The molecule has 1 saturated carbocycles. The Balaban J connectivity index is 1.96. The van der Waals surface area contributed by atoms with Crippen molar-refractivity contribution in [3.8, 4) is 0 Å². The Morgan fingerprint density at radius 2 is 2.00 bits per heavy atom. The molecule has 2 unspecified atom stereocenters. The molecule has 0 spiro atoms. The zero-order valence-corrected chi connectivity index (χ0v) is 10.8. The Labute approximate surface area is 97.5 Å². The summed E-state index contributed by atoms with van der Waals surface area (Å²) >= 11 is 0. The minimum atomic E-state index is -0.221. The van der Waals surface area contributed by atoms with Crippen molar-refractivity contribution >= 4 is 5.97 Å². The summed E-state index contributed by atoms with van der Waals surface area (Å²) in [5.41, 5.74) is -0.162. The number of epoxide rings is 1. The number of carbonyl (C=O) groups excluding carboxylic acids is 1. The molecule has 0 aromatic heterocycles. The minimum Gasteiger partial charge on any atom is -0.466 e. The van der Waals surface area contributed by atoms with E-state index in [1.807, 2.05) is 6.92 Å². The first-order chi connectivity index (χ1) is 7.37. The average molecular weight is 226 g/mol. The molecule has 1 saturated heterocycles. The summed E-state index contributed by atoms with van der Waals surface area (Å²) in [6.45, 7) is 9.10. The monoisotopic (exact) mass is 226 g/mol. The van der Waals surface area contributed by atoms with Crippen molar-refractivity contribution in [2.45, 2.75) is 64.6 Å². The lowest BCUT2D eigenvalue weighted by molar-refractivity contribution is -0.145. The van der Waals surface area contributed by atoms with Crippen LogP contribution in [0, 0.1) is 5.41 Å². The molecule has 16 heavy (non-hydrogen) atoms. The second kappa shape index (κ2) is 3.46. The molecule has 92 valence electrons. The SMILES string of the molecule is CCCOC(=O)CC12CCC(C)(C)C1(C)O2. The van der Waals surface area contributed by atoms with E-state index in [0.717, 1.165) is 19.3 Å². The lowest BCUT2D eigenvalue weighted by atomic mass is 9.79. The van der Waals surface area contributed by atoms with Gasteiger partial charge in [0.05, 0.1) is 13.0 Å². The molecule has 3 heteroatoms. The summed E-state index contributed by atoms with van der Waals surface area (Å²) in [6, 6.07) is 0. The molecule has 0 amide bonds. The number of esters is 1. The molecular weight excluding hydrogens is 204 g/mol. The molecule has 0 radical (unpaired) electrons. The van der Waals surface area contributed by atoms with Crippen LogP contribution in [0.2, 0.25) is 0 Å². The van der Waals surface area contributed by atoms with Gasteiger partial charge in [-0.3, -0.25) is 4.79 Å². The predicted octanol–water partition coefficient (Wildman–Crippen LogP) is 2.68. The smallest absolute Gasteiger partial charge is 0.308 e. The fourth-order valence-electron chi connectivity index (χ4n) is 2.96. The lowest BCUT2D eigenvalue weighted by Crippen LogP contribution is -2.31. The topological polar surface area (TPSA) is 38.8 Å². The van der Waals surface area contributed by atoms with Gasteiger partial charge in [0.15, 0.2) is 0 Å². The molecule has 3 nitrogen and oxygen atoms in total. The average Bonchev–Trinajstić information content (AvgIpc) is 2.75. The zero-order chi connectivity index (χ0) is 12.0. The van der Waals surface area contributed by atoms with Gasteiger partial charge in [-0.05, 0) is 31.6 Å². The molecule has 2 fully saturated rings. The molecule has 0 N–H and O–H groups in total. The van der Waals surface area contributed by atoms with E-state index in [4.69, 9.17) is 9.47 Å². The van der Waals surface area contributed by atoms with Gasteiger partial charge in [-0.25, -0.2) is 0 Å². The molecule has 0 bridgehead atoms. The first-order valence-electron chi connectivity index (χ1n) is 6.23. The van der Waals surface area contributed by atoms with Crippen LogP contribution in [0.5, 0.6) is 0 Å². The highest BCUT2D eigenvalue weighted by molar-refractivity contribution is 5.72. The van der Waals surface area contributed by atoms with Crippen LogP contribution in [0.3, 0.4) is 0 Å².